The summed E-state index contributed by atoms with van der Waals surface area (Å²) in [5, 5.41) is 13.8. The fraction of sp³-hybridized carbons (Fsp3) is 0.733. The second kappa shape index (κ2) is 4.58. The van der Waals surface area contributed by atoms with Crippen LogP contribution < -0.4 is 10.6 Å². The zero-order chi connectivity index (χ0) is 13.6. The summed E-state index contributed by atoms with van der Waals surface area (Å²) in [6.45, 7) is 2.15. The molecule has 5 nitrogen and oxygen atoms in total. The topological polar surface area (TPSA) is 69.8 Å². The Labute approximate surface area is 118 Å². The van der Waals surface area contributed by atoms with Gasteiger partial charge in [0.05, 0.1) is 6.20 Å². The third-order valence-electron chi connectivity index (χ3n) is 5.47. The Morgan fingerprint density at radius 3 is 3.10 bits per heavy atom. The predicted octanol–water partition coefficient (Wildman–Crippen LogP) is 0.773. The molecule has 2 heterocycles. The maximum absolute atomic E-state index is 12.4. The number of aromatic nitrogens is 2. The number of carbonyl (C=O) groups is 1. The van der Waals surface area contributed by atoms with Crippen LogP contribution in [-0.2, 0) is 17.6 Å². The van der Waals surface area contributed by atoms with Crippen molar-refractivity contribution in [3.05, 3.63) is 17.5 Å². The Balaban J connectivity index is 1.35. The van der Waals surface area contributed by atoms with Crippen LogP contribution in [0.5, 0.6) is 0 Å². The molecule has 0 bridgehead atoms. The highest BCUT2D eigenvalue weighted by Crippen LogP contribution is 2.58. The number of H-pyrrole nitrogens is 1. The van der Waals surface area contributed by atoms with E-state index in [1.165, 1.54) is 24.1 Å². The molecular formula is C15H22N4O. The number of nitrogens with one attached hydrogen (secondary N) is 3. The van der Waals surface area contributed by atoms with Crippen molar-refractivity contribution in [2.45, 2.75) is 44.6 Å². The Bertz CT molecular complexity index is 518. The largest absolute Gasteiger partial charge is 0.353 e. The molecule has 1 saturated carbocycles. The maximum atomic E-state index is 12.4. The smallest absolute Gasteiger partial charge is 0.223 e. The number of fused-ring (bicyclic) bond motifs is 1. The van der Waals surface area contributed by atoms with E-state index in [1.807, 2.05) is 6.20 Å². The molecule has 5 heteroatoms. The number of aryl methyl sites for hydroxylation is 1. The Morgan fingerprint density at radius 2 is 2.25 bits per heavy atom. The molecule has 1 saturated heterocycles. The number of rotatable bonds is 2. The number of hydrogen-bond acceptors (Lipinski definition) is 3. The first-order valence-corrected chi connectivity index (χ1v) is 7.79. The number of carbonyl (C=O) groups excluding carboxylic acids is 1. The van der Waals surface area contributed by atoms with E-state index in [1.54, 1.807) is 0 Å². The molecule has 2 aliphatic carbocycles. The lowest BCUT2D eigenvalue weighted by atomic mass is 9.90. The van der Waals surface area contributed by atoms with Crippen molar-refractivity contribution in [2.24, 2.45) is 11.3 Å². The number of piperidine rings is 1. The van der Waals surface area contributed by atoms with Gasteiger partial charge in [0.25, 0.3) is 0 Å². The summed E-state index contributed by atoms with van der Waals surface area (Å²) < 4.78 is 0. The van der Waals surface area contributed by atoms with Crippen molar-refractivity contribution >= 4 is 5.91 Å². The predicted molar refractivity (Wildman–Crippen MR) is 75.2 cm³/mol. The molecule has 2 atom stereocenters. The molecule has 1 aromatic heterocycles. The zero-order valence-electron chi connectivity index (χ0n) is 11.7. The molecule has 2 unspecified atom stereocenters. The Kier molecular flexibility index (Phi) is 2.84. The van der Waals surface area contributed by atoms with Crippen LogP contribution in [0.3, 0.4) is 0 Å². The zero-order valence-corrected chi connectivity index (χ0v) is 11.7. The minimum atomic E-state index is 0.273. The number of nitrogens with zero attached hydrogens (tertiary/aromatic N) is 1. The van der Waals surface area contributed by atoms with Crippen molar-refractivity contribution in [1.29, 1.82) is 0 Å². The summed E-state index contributed by atoms with van der Waals surface area (Å²) in [7, 11) is 0. The molecule has 1 spiro atoms. The second-order valence-corrected chi connectivity index (χ2v) is 6.69. The normalized spacial score (nSPS) is 30.8. The standard InChI is InChI=1S/C15H22N4O/c20-14(12-8-15(12)3-5-16-6-4-15)18-11-1-2-13-10(7-11)9-17-19-13/h9,11-12,16H,1-8H2,(H,17,19)(H,18,20). The van der Waals surface area contributed by atoms with Crippen LogP contribution in [0.1, 0.15) is 36.9 Å². The Morgan fingerprint density at radius 1 is 1.40 bits per heavy atom. The molecule has 20 heavy (non-hydrogen) atoms. The lowest BCUT2D eigenvalue weighted by Crippen LogP contribution is -2.41. The van der Waals surface area contributed by atoms with Crippen LogP contribution >= 0.6 is 0 Å². The van der Waals surface area contributed by atoms with Crippen molar-refractivity contribution in [3.8, 4) is 0 Å². The van der Waals surface area contributed by atoms with Gasteiger partial charge in [-0.3, -0.25) is 9.89 Å². The van der Waals surface area contributed by atoms with E-state index in [0.29, 0.717) is 17.4 Å². The van der Waals surface area contributed by atoms with E-state index >= 15 is 0 Å². The first-order valence-electron chi connectivity index (χ1n) is 7.79. The van der Waals surface area contributed by atoms with Gasteiger partial charge in [0.2, 0.25) is 5.91 Å². The van der Waals surface area contributed by atoms with Gasteiger partial charge in [0.1, 0.15) is 0 Å². The maximum Gasteiger partial charge on any atom is 0.223 e. The molecule has 2 fully saturated rings. The number of amides is 1. The van der Waals surface area contributed by atoms with Gasteiger partial charge in [-0.1, -0.05) is 0 Å². The molecule has 1 amide bonds. The van der Waals surface area contributed by atoms with E-state index in [-0.39, 0.29) is 5.92 Å². The molecule has 4 rings (SSSR count). The van der Waals surface area contributed by atoms with Crippen LogP contribution in [0.2, 0.25) is 0 Å². The van der Waals surface area contributed by atoms with Crippen molar-refractivity contribution in [1.82, 2.24) is 20.8 Å². The molecule has 0 radical (unpaired) electrons. The highest BCUT2D eigenvalue weighted by atomic mass is 16.2. The highest BCUT2D eigenvalue weighted by molar-refractivity contribution is 5.83. The lowest BCUT2D eigenvalue weighted by Gasteiger charge is -2.25. The average molecular weight is 274 g/mol. The molecule has 108 valence electrons. The molecule has 1 aromatic rings. The summed E-state index contributed by atoms with van der Waals surface area (Å²) >= 11 is 0. The third kappa shape index (κ3) is 2.04. The van der Waals surface area contributed by atoms with Crippen molar-refractivity contribution in [2.75, 3.05) is 13.1 Å². The number of aromatic amines is 1. The molecular weight excluding hydrogens is 252 g/mol. The number of hydrogen-bond donors (Lipinski definition) is 3. The van der Waals surface area contributed by atoms with E-state index < -0.39 is 0 Å². The van der Waals surface area contributed by atoms with Gasteiger partial charge in [-0.15, -0.1) is 0 Å². The van der Waals surface area contributed by atoms with E-state index in [9.17, 15) is 4.79 Å². The molecule has 1 aliphatic heterocycles. The van der Waals surface area contributed by atoms with Crippen LogP contribution in [-0.4, -0.2) is 35.2 Å². The first-order chi connectivity index (χ1) is 9.77. The van der Waals surface area contributed by atoms with Crippen LogP contribution in [0.4, 0.5) is 0 Å². The van der Waals surface area contributed by atoms with Gasteiger partial charge in [0.15, 0.2) is 0 Å². The fourth-order valence-corrected chi connectivity index (χ4v) is 4.04. The van der Waals surface area contributed by atoms with Crippen molar-refractivity contribution in [3.63, 3.8) is 0 Å². The second-order valence-electron chi connectivity index (χ2n) is 6.69. The monoisotopic (exact) mass is 274 g/mol. The minimum Gasteiger partial charge on any atom is -0.353 e. The summed E-state index contributed by atoms with van der Waals surface area (Å²) in [5.74, 6) is 0.569. The van der Waals surface area contributed by atoms with Crippen LogP contribution in [0.25, 0.3) is 0 Å². The van der Waals surface area contributed by atoms with Gasteiger partial charge < -0.3 is 10.6 Å². The van der Waals surface area contributed by atoms with Gasteiger partial charge in [0, 0.05) is 17.7 Å². The van der Waals surface area contributed by atoms with Crippen LogP contribution in [0, 0.1) is 11.3 Å². The minimum absolute atomic E-state index is 0.273. The molecule has 0 aromatic carbocycles. The first kappa shape index (κ1) is 12.4. The van der Waals surface area contributed by atoms with Gasteiger partial charge in [-0.05, 0) is 62.6 Å². The Hall–Kier alpha value is -1.36. The summed E-state index contributed by atoms with van der Waals surface area (Å²) in [6, 6.07) is 0.298. The van der Waals surface area contributed by atoms with E-state index in [0.717, 1.165) is 38.8 Å². The summed E-state index contributed by atoms with van der Waals surface area (Å²) in [5.41, 5.74) is 2.86. The molecule has 3 aliphatic rings. The lowest BCUT2D eigenvalue weighted by molar-refractivity contribution is -0.124. The average Bonchev–Trinajstić information content (AvgIpc) is 2.96. The highest BCUT2D eigenvalue weighted by Gasteiger charge is 2.57. The van der Waals surface area contributed by atoms with Crippen LogP contribution in [0.15, 0.2) is 6.20 Å². The van der Waals surface area contributed by atoms with Gasteiger partial charge in [-0.2, -0.15) is 5.10 Å². The van der Waals surface area contributed by atoms with Crippen molar-refractivity contribution < 1.29 is 4.79 Å². The summed E-state index contributed by atoms with van der Waals surface area (Å²) in [4.78, 5) is 12.4. The SMILES string of the molecule is O=C(NC1CCc2[nH]ncc2C1)C1CC12CCNCC2. The fourth-order valence-electron chi connectivity index (χ4n) is 4.04. The van der Waals surface area contributed by atoms with Gasteiger partial charge >= 0.3 is 0 Å². The summed E-state index contributed by atoms with van der Waals surface area (Å²) in [6.07, 6.45) is 8.30. The van der Waals surface area contributed by atoms with Gasteiger partial charge in [-0.25, -0.2) is 0 Å². The van der Waals surface area contributed by atoms with E-state index in [4.69, 9.17) is 0 Å². The third-order valence-corrected chi connectivity index (χ3v) is 5.47. The quantitative estimate of drug-likeness (QED) is 0.746. The van der Waals surface area contributed by atoms with E-state index in [2.05, 4.69) is 20.8 Å². The molecule has 3 N–H and O–H groups in total.